The molecule has 2 atom stereocenters. The third-order valence-electron chi connectivity index (χ3n) is 5.03. The molecule has 0 heterocycles. The molecule has 1 N–H and O–H groups in total. The van der Waals surface area contributed by atoms with Crippen molar-refractivity contribution >= 4 is 5.97 Å². The molecular weight excluding hydrogens is 380 g/mol. The molecular formula is C25H34O5. The van der Waals surface area contributed by atoms with E-state index in [9.17, 15) is 4.79 Å². The van der Waals surface area contributed by atoms with Gasteiger partial charge in [0.05, 0.1) is 32.5 Å². The van der Waals surface area contributed by atoms with E-state index in [0.29, 0.717) is 26.1 Å². The zero-order valence-corrected chi connectivity index (χ0v) is 18.1. The second kappa shape index (κ2) is 13.8. The van der Waals surface area contributed by atoms with Crippen molar-refractivity contribution in [2.24, 2.45) is 0 Å². The SMILES string of the molecule is CCC[C@@H](C[C@H](CCCC(=O)O)OCc1ccc(OC)cc1)OCc1ccccc1. The summed E-state index contributed by atoms with van der Waals surface area (Å²) < 4.78 is 17.6. The van der Waals surface area contributed by atoms with Crippen molar-refractivity contribution in [2.45, 2.75) is 70.9 Å². The zero-order chi connectivity index (χ0) is 21.6. The minimum atomic E-state index is -0.769. The summed E-state index contributed by atoms with van der Waals surface area (Å²) in [5, 5.41) is 8.98. The van der Waals surface area contributed by atoms with Gasteiger partial charge in [0, 0.05) is 6.42 Å². The fraction of sp³-hybridized carbons (Fsp3) is 0.480. The Balaban J connectivity index is 1.94. The Morgan fingerprint density at radius 1 is 0.900 bits per heavy atom. The van der Waals surface area contributed by atoms with Gasteiger partial charge in [0.1, 0.15) is 5.75 Å². The Kier molecular flexibility index (Phi) is 11.0. The van der Waals surface area contributed by atoms with Crippen LogP contribution in [-0.4, -0.2) is 30.4 Å². The fourth-order valence-electron chi connectivity index (χ4n) is 3.36. The summed E-state index contributed by atoms with van der Waals surface area (Å²) in [6, 6.07) is 18.0. The van der Waals surface area contributed by atoms with Crippen LogP contribution in [0.4, 0.5) is 0 Å². The van der Waals surface area contributed by atoms with Gasteiger partial charge >= 0.3 is 5.97 Å². The monoisotopic (exact) mass is 414 g/mol. The zero-order valence-electron chi connectivity index (χ0n) is 18.1. The van der Waals surface area contributed by atoms with Crippen molar-refractivity contribution in [1.29, 1.82) is 0 Å². The number of methoxy groups -OCH3 is 1. The maximum absolute atomic E-state index is 10.9. The minimum Gasteiger partial charge on any atom is -0.497 e. The molecule has 5 heteroatoms. The van der Waals surface area contributed by atoms with Crippen molar-refractivity contribution in [1.82, 2.24) is 0 Å². The maximum atomic E-state index is 10.9. The molecule has 0 saturated carbocycles. The second-order valence-corrected chi connectivity index (χ2v) is 7.51. The van der Waals surface area contributed by atoms with Crippen LogP contribution in [0.2, 0.25) is 0 Å². The average Bonchev–Trinajstić information content (AvgIpc) is 2.76. The fourth-order valence-corrected chi connectivity index (χ4v) is 3.36. The summed E-state index contributed by atoms with van der Waals surface area (Å²) in [5.41, 5.74) is 2.22. The Morgan fingerprint density at radius 3 is 2.07 bits per heavy atom. The van der Waals surface area contributed by atoms with Gasteiger partial charge in [-0.3, -0.25) is 4.79 Å². The molecule has 0 aromatic heterocycles. The van der Waals surface area contributed by atoms with Crippen molar-refractivity contribution in [3.63, 3.8) is 0 Å². The van der Waals surface area contributed by atoms with Crippen molar-refractivity contribution in [3.05, 3.63) is 65.7 Å². The summed E-state index contributed by atoms with van der Waals surface area (Å²) in [6.45, 7) is 3.21. The summed E-state index contributed by atoms with van der Waals surface area (Å²) >= 11 is 0. The summed E-state index contributed by atoms with van der Waals surface area (Å²) in [5.74, 6) is 0.0448. The van der Waals surface area contributed by atoms with Gasteiger partial charge in [0.25, 0.3) is 0 Å². The number of hydrogen-bond acceptors (Lipinski definition) is 4. The Labute approximate surface area is 180 Å². The van der Waals surface area contributed by atoms with Crippen molar-refractivity contribution < 1.29 is 24.1 Å². The van der Waals surface area contributed by atoms with Crippen LogP contribution in [0.15, 0.2) is 54.6 Å². The first-order valence-corrected chi connectivity index (χ1v) is 10.7. The molecule has 0 aliphatic carbocycles. The van der Waals surface area contributed by atoms with Gasteiger partial charge in [-0.05, 0) is 48.9 Å². The molecule has 0 aliphatic rings. The molecule has 0 unspecified atom stereocenters. The van der Waals surface area contributed by atoms with Crippen LogP contribution in [0, 0.1) is 0 Å². The lowest BCUT2D eigenvalue weighted by molar-refractivity contribution is -0.137. The van der Waals surface area contributed by atoms with E-state index >= 15 is 0 Å². The van der Waals surface area contributed by atoms with Crippen molar-refractivity contribution in [2.75, 3.05) is 7.11 Å². The van der Waals surface area contributed by atoms with E-state index in [4.69, 9.17) is 19.3 Å². The van der Waals surface area contributed by atoms with Gasteiger partial charge in [-0.25, -0.2) is 0 Å². The number of ether oxygens (including phenoxy) is 3. The van der Waals surface area contributed by atoms with Gasteiger partial charge in [-0.15, -0.1) is 0 Å². The molecule has 2 aromatic carbocycles. The van der Waals surface area contributed by atoms with Gasteiger partial charge < -0.3 is 19.3 Å². The van der Waals surface area contributed by atoms with Crippen LogP contribution < -0.4 is 4.74 Å². The highest BCUT2D eigenvalue weighted by Gasteiger charge is 2.18. The molecule has 2 rings (SSSR count). The molecule has 0 bridgehead atoms. The average molecular weight is 415 g/mol. The molecule has 0 radical (unpaired) electrons. The number of benzene rings is 2. The van der Waals surface area contributed by atoms with E-state index in [0.717, 1.165) is 36.1 Å². The first-order chi connectivity index (χ1) is 14.6. The predicted molar refractivity (Wildman–Crippen MR) is 118 cm³/mol. The molecule has 2 aromatic rings. The highest BCUT2D eigenvalue weighted by atomic mass is 16.5. The van der Waals surface area contributed by atoms with Crippen LogP contribution in [0.5, 0.6) is 5.75 Å². The first kappa shape index (κ1) is 23.9. The maximum Gasteiger partial charge on any atom is 0.303 e. The quantitative estimate of drug-likeness (QED) is 0.410. The van der Waals surface area contributed by atoms with Crippen molar-refractivity contribution in [3.8, 4) is 5.75 Å². The molecule has 0 aliphatic heterocycles. The normalized spacial score (nSPS) is 13.0. The highest BCUT2D eigenvalue weighted by Crippen LogP contribution is 2.20. The Hall–Kier alpha value is -2.37. The number of hydrogen-bond donors (Lipinski definition) is 1. The third-order valence-corrected chi connectivity index (χ3v) is 5.03. The lowest BCUT2D eigenvalue weighted by Crippen LogP contribution is -2.24. The molecule has 5 nitrogen and oxygen atoms in total. The smallest absolute Gasteiger partial charge is 0.303 e. The molecule has 164 valence electrons. The number of rotatable bonds is 15. The number of carboxylic acids is 1. The Bertz CT molecular complexity index is 714. The summed E-state index contributed by atoms with van der Waals surface area (Å²) in [6.07, 6.45) is 4.24. The minimum absolute atomic E-state index is 0.0428. The summed E-state index contributed by atoms with van der Waals surface area (Å²) in [7, 11) is 1.65. The molecule has 30 heavy (non-hydrogen) atoms. The Morgan fingerprint density at radius 2 is 1.50 bits per heavy atom. The van der Waals surface area contributed by atoms with Crippen LogP contribution in [0.25, 0.3) is 0 Å². The first-order valence-electron chi connectivity index (χ1n) is 10.7. The van der Waals surface area contributed by atoms with Crippen LogP contribution in [0.1, 0.15) is 56.6 Å². The number of carboxylic acid groups (broad SMARTS) is 1. The van der Waals surface area contributed by atoms with E-state index in [1.165, 1.54) is 0 Å². The van der Waals surface area contributed by atoms with Gasteiger partial charge in [-0.2, -0.15) is 0 Å². The summed E-state index contributed by atoms with van der Waals surface area (Å²) in [4.78, 5) is 10.9. The topological polar surface area (TPSA) is 65.0 Å². The van der Waals surface area contributed by atoms with Gasteiger partial charge in [0.15, 0.2) is 0 Å². The highest BCUT2D eigenvalue weighted by molar-refractivity contribution is 5.66. The standard InChI is InChI=1S/C25H34O5/c1-3-8-23(29-18-20-9-5-4-6-10-20)17-24(11-7-12-25(26)27)30-19-21-13-15-22(28-2)16-14-21/h4-6,9-10,13-16,23-24H,3,7-8,11-12,17-19H2,1-2H3,(H,26,27)/t23-,24-/m0/s1. The number of carbonyl (C=O) groups is 1. The van der Waals surface area contributed by atoms with E-state index < -0.39 is 5.97 Å². The predicted octanol–water partition coefficient (Wildman–Crippen LogP) is 5.61. The van der Waals surface area contributed by atoms with Crippen LogP contribution in [0.3, 0.4) is 0 Å². The number of aliphatic carboxylic acids is 1. The third kappa shape index (κ3) is 9.42. The second-order valence-electron chi connectivity index (χ2n) is 7.51. The molecule has 0 amide bonds. The van der Waals surface area contributed by atoms with Gasteiger partial charge in [0.2, 0.25) is 0 Å². The molecule has 0 fully saturated rings. The van der Waals surface area contributed by atoms with E-state index in [1.54, 1.807) is 7.11 Å². The molecule has 0 spiro atoms. The van der Waals surface area contributed by atoms with Crippen LogP contribution >= 0.6 is 0 Å². The van der Waals surface area contributed by atoms with Gasteiger partial charge in [-0.1, -0.05) is 55.8 Å². The lowest BCUT2D eigenvalue weighted by Gasteiger charge is -2.24. The largest absolute Gasteiger partial charge is 0.497 e. The van der Waals surface area contributed by atoms with Crippen LogP contribution in [-0.2, 0) is 27.5 Å². The molecule has 0 saturated heterocycles. The lowest BCUT2D eigenvalue weighted by atomic mass is 10.0. The van der Waals surface area contributed by atoms with E-state index in [-0.39, 0.29) is 18.6 Å². The van der Waals surface area contributed by atoms with E-state index in [1.807, 2.05) is 42.5 Å². The van der Waals surface area contributed by atoms with E-state index in [2.05, 4.69) is 19.1 Å².